The van der Waals surface area contributed by atoms with Crippen LogP contribution in [-0.2, 0) is 9.47 Å². The normalized spacial score (nSPS) is 26.7. The second-order valence-corrected chi connectivity index (χ2v) is 3.02. The van der Waals surface area contributed by atoms with Crippen LogP contribution in [0.25, 0.3) is 0 Å². The topological polar surface area (TPSA) is 35.5 Å². The molecular formula is C10H10O3. The molecule has 0 radical (unpaired) electrons. The highest BCUT2D eigenvalue weighted by Crippen LogP contribution is 2.29. The van der Waals surface area contributed by atoms with E-state index in [9.17, 15) is 4.79 Å². The van der Waals surface area contributed by atoms with Crippen LogP contribution in [-0.4, -0.2) is 12.3 Å². The Hall–Kier alpha value is -1.51. The lowest BCUT2D eigenvalue weighted by atomic mass is 10.1. The third-order valence-electron chi connectivity index (χ3n) is 2.06. The predicted octanol–water partition coefficient (Wildman–Crippen LogP) is 2.28. The van der Waals surface area contributed by atoms with Gasteiger partial charge in [0.25, 0.3) is 0 Å². The molecule has 1 aliphatic rings. The summed E-state index contributed by atoms with van der Waals surface area (Å²) in [6, 6.07) is 9.58. The molecule has 2 rings (SSSR count). The van der Waals surface area contributed by atoms with Crippen molar-refractivity contribution in [3.05, 3.63) is 35.9 Å². The summed E-state index contributed by atoms with van der Waals surface area (Å²) in [5, 5.41) is 0. The molecular weight excluding hydrogens is 168 g/mol. The lowest BCUT2D eigenvalue weighted by molar-refractivity contribution is 0.117. The fourth-order valence-electron chi connectivity index (χ4n) is 1.42. The van der Waals surface area contributed by atoms with E-state index in [-0.39, 0.29) is 12.2 Å². The summed E-state index contributed by atoms with van der Waals surface area (Å²) in [7, 11) is 0. The number of hydrogen-bond acceptors (Lipinski definition) is 3. The van der Waals surface area contributed by atoms with Crippen molar-refractivity contribution in [3.63, 3.8) is 0 Å². The molecule has 3 heteroatoms. The Labute approximate surface area is 76.3 Å². The average Bonchev–Trinajstić information content (AvgIpc) is 2.47. The number of ether oxygens (including phenoxy) is 2. The zero-order valence-electron chi connectivity index (χ0n) is 7.27. The van der Waals surface area contributed by atoms with Crippen molar-refractivity contribution >= 4 is 6.16 Å². The van der Waals surface area contributed by atoms with Crippen molar-refractivity contribution in [1.29, 1.82) is 0 Å². The van der Waals surface area contributed by atoms with E-state index in [0.29, 0.717) is 0 Å². The summed E-state index contributed by atoms with van der Waals surface area (Å²) >= 11 is 0. The maximum absolute atomic E-state index is 10.8. The minimum atomic E-state index is -0.582. The first-order valence-electron chi connectivity index (χ1n) is 4.19. The zero-order chi connectivity index (χ0) is 9.26. The summed E-state index contributed by atoms with van der Waals surface area (Å²) in [5.74, 6) is 0. The molecule has 1 aromatic rings. The van der Waals surface area contributed by atoms with Gasteiger partial charge in [0.15, 0.2) is 6.10 Å². The largest absolute Gasteiger partial charge is 0.509 e. The fraction of sp³-hybridized carbons (Fsp3) is 0.300. The highest BCUT2D eigenvalue weighted by Gasteiger charge is 2.33. The SMILES string of the molecule is C[C@@H]1OC(=O)O[C@@H]1c1ccccc1. The van der Waals surface area contributed by atoms with Crippen LogP contribution in [0.4, 0.5) is 4.79 Å². The molecule has 0 aliphatic carbocycles. The van der Waals surface area contributed by atoms with E-state index in [1.807, 2.05) is 37.3 Å². The summed E-state index contributed by atoms with van der Waals surface area (Å²) in [6.45, 7) is 1.82. The van der Waals surface area contributed by atoms with Gasteiger partial charge in [-0.2, -0.15) is 0 Å². The van der Waals surface area contributed by atoms with Crippen LogP contribution in [0.1, 0.15) is 18.6 Å². The van der Waals surface area contributed by atoms with Crippen LogP contribution in [0.2, 0.25) is 0 Å². The quantitative estimate of drug-likeness (QED) is 0.619. The molecule has 3 nitrogen and oxygen atoms in total. The third kappa shape index (κ3) is 1.49. The van der Waals surface area contributed by atoms with Crippen LogP contribution in [0.3, 0.4) is 0 Å². The van der Waals surface area contributed by atoms with Gasteiger partial charge in [-0.15, -0.1) is 0 Å². The molecule has 1 heterocycles. The van der Waals surface area contributed by atoms with Crippen LogP contribution in [0.15, 0.2) is 30.3 Å². The Kier molecular flexibility index (Phi) is 1.93. The summed E-state index contributed by atoms with van der Waals surface area (Å²) < 4.78 is 9.87. The number of carbonyl (C=O) groups is 1. The lowest BCUT2D eigenvalue weighted by Crippen LogP contribution is -2.09. The maximum Gasteiger partial charge on any atom is 0.509 e. The molecule has 1 aliphatic heterocycles. The first-order chi connectivity index (χ1) is 6.27. The van der Waals surface area contributed by atoms with E-state index in [1.165, 1.54) is 0 Å². The van der Waals surface area contributed by atoms with E-state index in [4.69, 9.17) is 9.47 Å². The second kappa shape index (κ2) is 3.09. The summed E-state index contributed by atoms with van der Waals surface area (Å²) in [4.78, 5) is 10.8. The summed E-state index contributed by atoms with van der Waals surface area (Å²) in [6.07, 6.45) is -1.04. The van der Waals surface area contributed by atoms with Gasteiger partial charge in [0.05, 0.1) is 0 Å². The Morgan fingerprint density at radius 1 is 1.15 bits per heavy atom. The van der Waals surface area contributed by atoms with Crippen LogP contribution in [0, 0.1) is 0 Å². The van der Waals surface area contributed by atoms with E-state index in [2.05, 4.69) is 0 Å². The number of carbonyl (C=O) groups excluding carboxylic acids is 1. The lowest BCUT2D eigenvalue weighted by Gasteiger charge is -2.10. The monoisotopic (exact) mass is 178 g/mol. The van der Waals surface area contributed by atoms with Gasteiger partial charge in [0.2, 0.25) is 0 Å². The molecule has 13 heavy (non-hydrogen) atoms. The molecule has 1 saturated heterocycles. The van der Waals surface area contributed by atoms with Crippen LogP contribution < -0.4 is 0 Å². The smallest absolute Gasteiger partial charge is 0.427 e. The average molecular weight is 178 g/mol. The molecule has 1 fully saturated rings. The third-order valence-corrected chi connectivity index (χ3v) is 2.06. The predicted molar refractivity (Wildman–Crippen MR) is 46.2 cm³/mol. The standard InChI is InChI=1S/C10H10O3/c1-7-9(13-10(11)12-7)8-5-3-2-4-6-8/h2-7,9H,1H3/t7-,9-/m0/s1. The Balaban J connectivity index is 2.23. The van der Waals surface area contributed by atoms with Gasteiger partial charge in [-0.1, -0.05) is 30.3 Å². The molecule has 0 N–H and O–H groups in total. The van der Waals surface area contributed by atoms with Gasteiger partial charge >= 0.3 is 6.16 Å². The summed E-state index contributed by atoms with van der Waals surface area (Å²) in [5.41, 5.74) is 0.973. The molecule has 0 saturated carbocycles. The highest BCUT2D eigenvalue weighted by atomic mass is 16.8. The fourth-order valence-corrected chi connectivity index (χ4v) is 1.42. The molecule has 0 unspecified atom stereocenters. The van der Waals surface area contributed by atoms with Gasteiger partial charge in [-0.25, -0.2) is 4.79 Å². The van der Waals surface area contributed by atoms with E-state index >= 15 is 0 Å². The van der Waals surface area contributed by atoms with E-state index < -0.39 is 6.16 Å². The van der Waals surface area contributed by atoms with Crippen molar-refractivity contribution in [2.24, 2.45) is 0 Å². The highest BCUT2D eigenvalue weighted by molar-refractivity contribution is 5.62. The maximum atomic E-state index is 10.8. The van der Waals surface area contributed by atoms with E-state index in [0.717, 1.165) is 5.56 Å². The second-order valence-electron chi connectivity index (χ2n) is 3.02. The Morgan fingerprint density at radius 3 is 2.38 bits per heavy atom. The number of rotatable bonds is 1. The van der Waals surface area contributed by atoms with Crippen LogP contribution in [0.5, 0.6) is 0 Å². The minimum Gasteiger partial charge on any atom is -0.427 e. The van der Waals surface area contributed by atoms with Gasteiger partial charge in [0, 0.05) is 0 Å². The first kappa shape index (κ1) is 8.10. The molecule has 0 bridgehead atoms. The van der Waals surface area contributed by atoms with Crippen molar-refractivity contribution < 1.29 is 14.3 Å². The number of benzene rings is 1. The van der Waals surface area contributed by atoms with Crippen molar-refractivity contribution in [2.75, 3.05) is 0 Å². The number of hydrogen-bond donors (Lipinski definition) is 0. The minimum absolute atomic E-state index is 0.199. The Morgan fingerprint density at radius 2 is 1.85 bits per heavy atom. The zero-order valence-corrected chi connectivity index (χ0v) is 7.27. The molecule has 1 aromatic carbocycles. The van der Waals surface area contributed by atoms with Crippen LogP contribution >= 0.6 is 0 Å². The van der Waals surface area contributed by atoms with Gasteiger partial charge in [-0.3, -0.25) is 0 Å². The van der Waals surface area contributed by atoms with Gasteiger partial charge < -0.3 is 9.47 Å². The molecule has 0 aromatic heterocycles. The molecule has 0 amide bonds. The van der Waals surface area contributed by atoms with Gasteiger partial charge in [0.1, 0.15) is 6.10 Å². The molecule has 68 valence electrons. The first-order valence-corrected chi connectivity index (χ1v) is 4.19. The van der Waals surface area contributed by atoms with Crippen molar-refractivity contribution in [2.45, 2.75) is 19.1 Å². The molecule has 2 atom stereocenters. The van der Waals surface area contributed by atoms with Crippen molar-refractivity contribution in [1.82, 2.24) is 0 Å². The van der Waals surface area contributed by atoms with Gasteiger partial charge in [-0.05, 0) is 12.5 Å². The number of cyclic esters (lactones) is 2. The Bertz CT molecular complexity index is 307. The van der Waals surface area contributed by atoms with Crippen molar-refractivity contribution in [3.8, 4) is 0 Å². The van der Waals surface area contributed by atoms with E-state index in [1.54, 1.807) is 0 Å². The molecule has 0 spiro atoms.